The Balaban J connectivity index is 1.57. The summed E-state index contributed by atoms with van der Waals surface area (Å²) < 4.78 is 28.5. The SMILES string of the molecule is Cc1ccc(S(=O)(=O)NC[C@@H](c2ccc3c(c2)CCCN3C)N2CCCC2)cc1. The minimum absolute atomic E-state index is 0.0651. The van der Waals surface area contributed by atoms with Gasteiger partial charge in [-0.1, -0.05) is 29.8 Å². The van der Waals surface area contributed by atoms with Gasteiger partial charge in [0, 0.05) is 31.9 Å². The topological polar surface area (TPSA) is 52.7 Å². The number of hydrogen-bond acceptors (Lipinski definition) is 4. The molecule has 2 aromatic rings. The number of hydrogen-bond donors (Lipinski definition) is 1. The molecule has 0 spiro atoms. The van der Waals surface area contributed by atoms with E-state index in [2.05, 4.69) is 39.8 Å². The largest absolute Gasteiger partial charge is 0.374 e. The van der Waals surface area contributed by atoms with Crippen molar-refractivity contribution in [2.45, 2.75) is 43.5 Å². The number of sulfonamides is 1. The second-order valence-electron chi connectivity index (χ2n) is 8.34. The van der Waals surface area contributed by atoms with E-state index in [1.54, 1.807) is 12.1 Å². The van der Waals surface area contributed by atoms with E-state index in [0.29, 0.717) is 11.4 Å². The summed E-state index contributed by atoms with van der Waals surface area (Å²) in [6, 6.07) is 13.8. The van der Waals surface area contributed by atoms with Gasteiger partial charge in [0.15, 0.2) is 0 Å². The van der Waals surface area contributed by atoms with Crippen LogP contribution in [0.1, 0.15) is 42.0 Å². The fraction of sp³-hybridized carbons (Fsp3) is 0.478. The van der Waals surface area contributed by atoms with Gasteiger partial charge in [-0.2, -0.15) is 0 Å². The molecule has 6 heteroatoms. The molecule has 2 aromatic carbocycles. The van der Waals surface area contributed by atoms with Crippen LogP contribution in [0.25, 0.3) is 0 Å². The maximum atomic E-state index is 12.8. The van der Waals surface area contributed by atoms with Gasteiger partial charge in [0.1, 0.15) is 0 Å². The average molecular weight is 414 g/mol. The zero-order chi connectivity index (χ0) is 20.4. The summed E-state index contributed by atoms with van der Waals surface area (Å²) in [4.78, 5) is 5.06. The molecular formula is C23H31N3O2S. The van der Waals surface area contributed by atoms with Gasteiger partial charge in [-0.3, -0.25) is 4.90 Å². The van der Waals surface area contributed by atoms with Crippen LogP contribution in [0, 0.1) is 6.92 Å². The summed E-state index contributed by atoms with van der Waals surface area (Å²) in [7, 11) is -1.38. The molecule has 0 amide bonds. The van der Waals surface area contributed by atoms with Gasteiger partial charge in [-0.05, 0) is 75.0 Å². The molecule has 29 heavy (non-hydrogen) atoms. The first-order valence-electron chi connectivity index (χ1n) is 10.6. The normalized spacial score (nSPS) is 18.6. The van der Waals surface area contributed by atoms with Gasteiger partial charge >= 0.3 is 0 Å². The molecule has 1 fully saturated rings. The molecule has 0 aliphatic carbocycles. The van der Waals surface area contributed by atoms with Crippen LogP contribution >= 0.6 is 0 Å². The number of nitrogens with zero attached hydrogens (tertiary/aromatic N) is 2. The van der Waals surface area contributed by atoms with Gasteiger partial charge < -0.3 is 4.90 Å². The molecule has 0 bridgehead atoms. The molecule has 0 unspecified atom stereocenters. The summed E-state index contributed by atoms with van der Waals surface area (Å²) in [5.41, 5.74) is 4.95. The summed E-state index contributed by atoms with van der Waals surface area (Å²) in [6.07, 6.45) is 4.61. The Kier molecular flexibility index (Phi) is 5.95. The predicted octanol–water partition coefficient (Wildman–Crippen LogP) is 3.49. The zero-order valence-electron chi connectivity index (χ0n) is 17.4. The summed E-state index contributed by atoms with van der Waals surface area (Å²) >= 11 is 0. The Morgan fingerprint density at radius 1 is 1.00 bits per heavy atom. The molecule has 2 heterocycles. The fourth-order valence-corrected chi connectivity index (χ4v) is 5.55. The summed E-state index contributed by atoms with van der Waals surface area (Å²) in [6.45, 7) is 5.49. The van der Waals surface area contributed by atoms with E-state index in [4.69, 9.17) is 0 Å². The minimum Gasteiger partial charge on any atom is -0.374 e. The number of aryl methyl sites for hydroxylation is 2. The van der Waals surface area contributed by atoms with E-state index >= 15 is 0 Å². The highest BCUT2D eigenvalue weighted by Gasteiger charge is 2.27. The number of nitrogens with one attached hydrogen (secondary N) is 1. The number of fused-ring (bicyclic) bond motifs is 1. The third kappa shape index (κ3) is 4.49. The van der Waals surface area contributed by atoms with Crippen LogP contribution in [0.5, 0.6) is 0 Å². The summed E-state index contributed by atoms with van der Waals surface area (Å²) in [5.74, 6) is 0. The van der Waals surface area contributed by atoms with Crippen molar-refractivity contribution in [3.05, 3.63) is 59.2 Å². The lowest BCUT2D eigenvalue weighted by atomic mass is 9.96. The Morgan fingerprint density at radius 2 is 1.72 bits per heavy atom. The number of anilines is 1. The van der Waals surface area contributed by atoms with E-state index in [-0.39, 0.29) is 6.04 Å². The van der Waals surface area contributed by atoms with Crippen LogP contribution in [-0.4, -0.2) is 46.5 Å². The molecule has 2 aliphatic heterocycles. The molecule has 156 valence electrons. The van der Waals surface area contributed by atoms with Crippen molar-refractivity contribution in [3.8, 4) is 0 Å². The van der Waals surface area contributed by atoms with E-state index in [1.807, 2.05) is 19.1 Å². The monoisotopic (exact) mass is 413 g/mol. The van der Waals surface area contributed by atoms with Crippen molar-refractivity contribution in [2.75, 3.05) is 38.1 Å². The van der Waals surface area contributed by atoms with Crippen LogP contribution in [0.4, 0.5) is 5.69 Å². The second kappa shape index (κ2) is 8.46. The molecule has 2 aliphatic rings. The standard InChI is InChI=1S/C23H31N3O2S/c1-18-7-10-21(11-8-18)29(27,28)24-17-23(26-14-3-4-15-26)20-9-12-22-19(16-20)6-5-13-25(22)2/h7-12,16,23-24H,3-6,13-15,17H2,1-2H3/t23-/m0/s1. The van der Waals surface area contributed by atoms with Gasteiger partial charge in [-0.25, -0.2) is 13.1 Å². The van der Waals surface area contributed by atoms with Crippen molar-refractivity contribution in [3.63, 3.8) is 0 Å². The van der Waals surface area contributed by atoms with Gasteiger partial charge in [-0.15, -0.1) is 0 Å². The van der Waals surface area contributed by atoms with E-state index in [0.717, 1.165) is 31.6 Å². The highest BCUT2D eigenvalue weighted by Crippen LogP contribution is 2.32. The molecule has 0 aromatic heterocycles. The lowest BCUT2D eigenvalue weighted by molar-refractivity contribution is 0.246. The summed E-state index contributed by atoms with van der Waals surface area (Å²) in [5, 5.41) is 0. The minimum atomic E-state index is -3.52. The Morgan fingerprint density at radius 3 is 2.45 bits per heavy atom. The van der Waals surface area contributed by atoms with Crippen molar-refractivity contribution in [1.82, 2.24) is 9.62 Å². The Bertz CT molecular complexity index is 951. The molecular weight excluding hydrogens is 382 g/mol. The van der Waals surface area contributed by atoms with Crippen molar-refractivity contribution < 1.29 is 8.42 Å². The third-order valence-electron chi connectivity index (χ3n) is 6.22. The number of rotatable bonds is 6. The number of benzene rings is 2. The molecule has 0 radical (unpaired) electrons. The lowest BCUT2D eigenvalue weighted by Crippen LogP contribution is -2.37. The van der Waals surface area contributed by atoms with E-state index in [9.17, 15) is 8.42 Å². The average Bonchev–Trinajstić information content (AvgIpc) is 3.23. The Labute approximate surface area is 174 Å². The molecule has 5 nitrogen and oxygen atoms in total. The van der Waals surface area contributed by atoms with Crippen LogP contribution < -0.4 is 9.62 Å². The fourth-order valence-electron chi connectivity index (χ4n) is 4.51. The highest BCUT2D eigenvalue weighted by molar-refractivity contribution is 7.89. The van der Waals surface area contributed by atoms with E-state index < -0.39 is 10.0 Å². The Hall–Kier alpha value is -1.89. The van der Waals surface area contributed by atoms with Gasteiger partial charge in [0.2, 0.25) is 10.0 Å². The van der Waals surface area contributed by atoms with Crippen molar-refractivity contribution in [1.29, 1.82) is 0 Å². The van der Waals surface area contributed by atoms with Crippen molar-refractivity contribution in [2.24, 2.45) is 0 Å². The van der Waals surface area contributed by atoms with Gasteiger partial charge in [0.25, 0.3) is 0 Å². The molecule has 4 rings (SSSR count). The lowest BCUT2D eigenvalue weighted by Gasteiger charge is -2.31. The highest BCUT2D eigenvalue weighted by atomic mass is 32.2. The van der Waals surface area contributed by atoms with Crippen LogP contribution in [0.2, 0.25) is 0 Å². The van der Waals surface area contributed by atoms with Crippen LogP contribution in [0.3, 0.4) is 0 Å². The molecule has 1 atom stereocenters. The van der Waals surface area contributed by atoms with Gasteiger partial charge in [0.05, 0.1) is 4.90 Å². The molecule has 0 saturated carbocycles. The molecule has 1 saturated heterocycles. The first-order chi connectivity index (χ1) is 13.9. The maximum Gasteiger partial charge on any atom is 0.240 e. The first-order valence-corrected chi connectivity index (χ1v) is 12.1. The zero-order valence-corrected chi connectivity index (χ0v) is 18.2. The molecule has 1 N–H and O–H groups in total. The first kappa shape index (κ1) is 20.4. The maximum absolute atomic E-state index is 12.8. The second-order valence-corrected chi connectivity index (χ2v) is 10.1. The van der Waals surface area contributed by atoms with E-state index in [1.165, 1.54) is 36.1 Å². The quantitative estimate of drug-likeness (QED) is 0.788. The third-order valence-corrected chi connectivity index (χ3v) is 7.66. The smallest absolute Gasteiger partial charge is 0.240 e. The number of likely N-dealkylation sites (tertiary alicyclic amines) is 1. The van der Waals surface area contributed by atoms with Crippen molar-refractivity contribution >= 4 is 15.7 Å². The predicted molar refractivity (Wildman–Crippen MR) is 118 cm³/mol. The van der Waals surface area contributed by atoms with Crippen LogP contribution in [0.15, 0.2) is 47.4 Å². The van der Waals surface area contributed by atoms with Crippen LogP contribution in [-0.2, 0) is 16.4 Å².